The first-order valence-electron chi connectivity index (χ1n) is 5.94. The van der Waals surface area contributed by atoms with Crippen LogP contribution < -0.4 is 0 Å². The maximum atomic E-state index is 4.49. The molecule has 0 unspecified atom stereocenters. The van der Waals surface area contributed by atoms with Gasteiger partial charge in [0.05, 0.1) is 4.88 Å². The Balaban J connectivity index is 1.86. The Morgan fingerprint density at radius 3 is 2.78 bits per heavy atom. The van der Waals surface area contributed by atoms with Gasteiger partial charge in [-0.2, -0.15) is 0 Å². The molecule has 1 aliphatic rings. The van der Waals surface area contributed by atoms with Gasteiger partial charge in [0.2, 0.25) is 0 Å². The summed E-state index contributed by atoms with van der Waals surface area (Å²) in [7, 11) is 2.14. The highest BCUT2D eigenvalue weighted by molar-refractivity contribution is 7.16. The van der Waals surface area contributed by atoms with E-state index in [4.69, 9.17) is 0 Å². The van der Waals surface area contributed by atoms with Gasteiger partial charge in [0.1, 0.15) is 5.01 Å². The van der Waals surface area contributed by atoms with Crippen LogP contribution in [0.5, 0.6) is 0 Å². The summed E-state index contributed by atoms with van der Waals surface area (Å²) in [6.45, 7) is 2.11. The van der Waals surface area contributed by atoms with Crippen LogP contribution in [0, 0.1) is 0 Å². The summed E-state index contributed by atoms with van der Waals surface area (Å²) in [4.78, 5) is 16.3. The van der Waals surface area contributed by atoms with E-state index in [1.54, 1.807) is 23.7 Å². The van der Waals surface area contributed by atoms with Crippen molar-refractivity contribution in [2.45, 2.75) is 6.42 Å². The molecule has 0 atom stereocenters. The van der Waals surface area contributed by atoms with Crippen molar-refractivity contribution in [1.29, 1.82) is 0 Å². The molecule has 0 aromatic carbocycles. The molecule has 18 heavy (non-hydrogen) atoms. The molecule has 2 aromatic heterocycles. The predicted octanol–water partition coefficient (Wildman–Crippen LogP) is 2.32. The molecular weight excluding hydrogens is 244 g/mol. The number of thiazole rings is 1. The van der Waals surface area contributed by atoms with Crippen molar-refractivity contribution >= 4 is 16.9 Å². The lowest BCUT2D eigenvalue weighted by Gasteiger charge is -2.20. The number of hydrogen-bond acceptors (Lipinski definition) is 5. The van der Waals surface area contributed by atoms with Gasteiger partial charge in [0.15, 0.2) is 5.82 Å². The van der Waals surface area contributed by atoms with Crippen LogP contribution in [0.3, 0.4) is 0 Å². The molecule has 3 heterocycles. The third kappa shape index (κ3) is 2.32. The van der Waals surface area contributed by atoms with Crippen molar-refractivity contribution in [1.82, 2.24) is 19.9 Å². The SMILES string of the molecule is CN1CC=C(c2ncc(-c3ncccn3)s2)CC1. The van der Waals surface area contributed by atoms with Gasteiger partial charge < -0.3 is 4.90 Å². The van der Waals surface area contributed by atoms with E-state index in [1.807, 2.05) is 12.3 Å². The molecule has 0 N–H and O–H groups in total. The first kappa shape index (κ1) is 11.5. The largest absolute Gasteiger partial charge is 0.302 e. The number of nitrogens with zero attached hydrogens (tertiary/aromatic N) is 4. The third-order valence-electron chi connectivity index (χ3n) is 2.98. The zero-order valence-electron chi connectivity index (χ0n) is 10.2. The Morgan fingerprint density at radius 2 is 2.06 bits per heavy atom. The molecule has 0 bridgehead atoms. The summed E-state index contributed by atoms with van der Waals surface area (Å²) in [5.74, 6) is 0.759. The second-order valence-electron chi connectivity index (χ2n) is 4.34. The van der Waals surface area contributed by atoms with E-state index in [9.17, 15) is 0 Å². The minimum absolute atomic E-state index is 0.759. The molecule has 2 aromatic rings. The molecule has 4 nitrogen and oxygen atoms in total. The van der Waals surface area contributed by atoms with Crippen molar-refractivity contribution in [3.63, 3.8) is 0 Å². The van der Waals surface area contributed by atoms with Gasteiger partial charge in [-0.15, -0.1) is 11.3 Å². The second-order valence-corrected chi connectivity index (χ2v) is 5.37. The van der Waals surface area contributed by atoms with Crippen molar-refractivity contribution in [3.05, 3.63) is 35.7 Å². The summed E-state index contributed by atoms with van der Waals surface area (Å²) >= 11 is 1.67. The van der Waals surface area contributed by atoms with Crippen LogP contribution in [-0.2, 0) is 0 Å². The smallest absolute Gasteiger partial charge is 0.171 e. The molecule has 0 fully saturated rings. The molecule has 0 saturated heterocycles. The first-order valence-corrected chi connectivity index (χ1v) is 6.76. The maximum Gasteiger partial charge on any atom is 0.171 e. The predicted molar refractivity (Wildman–Crippen MR) is 73.2 cm³/mol. The quantitative estimate of drug-likeness (QED) is 0.829. The van der Waals surface area contributed by atoms with Gasteiger partial charge in [-0.1, -0.05) is 6.08 Å². The highest BCUT2D eigenvalue weighted by Gasteiger charge is 2.14. The molecule has 0 radical (unpaired) electrons. The maximum absolute atomic E-state index is 4.49. The fraction of sp³-hybridized carbons (Fsp3) is 0.308. The summed E-state index contributed by atoms with van der Waals surface area (Å²) in [5.41, 5.74) is 1.35. The lowest BCUT2D eigenvalue weighted by molar-refractivity contribution is 0.370. The average molecular weight is 258 g/mol. The van der Waals surface area contributed by atoms with Crippen LogP contribution >= 0.6 is 11.3 Å². The van der Waals surface area contributed by atoms with Gasteiger partial charge in [0.25, 0.3) is 0 Å². The Bertz CT molecular complexity index is 561. The van der Waals surface area contributed by atoms with E-state index in [2.05, 4.69) is 33.0 Å². The van der Waals surface area contributed by atoms with Gasteiger partial charge in [0, 0.05) is 31.7 Å². The zero-order chi connectivity index (χ0) is 12.4. The number of hydrogen-bond donors (Lipinski definition) is 0. The van der Waals surface area contributed by atoms with E-state index in [0.717, 1.165) is 35.2 Å². The Morgan fingerprint density at radius 1 is 1.22 bits per heavy atom. The Hall–Kier alpha value is -1.59. The van der Waals surface area contributed by atoms with Crippen molar-refractivity contribution < 1.29 is 0 Å². The van der Waals surface area contributed by atoms with Gasteiger partial charge in [-0.05, 0) is 25.1 Å². The summed E-state index contributed by atoms with van der Waals surface area (Å²) < 4.78 is 0. The van der Waals surface area contributed by atoms with E-state index in [0.29, 0.717) is 0 Å². The molecule has 3 rings (SSSR count). The molecule has 0 saturated carbocycles. The number of likely N-dealkylation sites (N-methyl/N-ethyl adjacent to an activating group) is 1. The van der Waals surface area contributed by atoms with E-state index < -0.39 is 0 Å². The zero-order valence-corrected chi connectivity index (χ0v) is 11.0. The number of rotatable bonds is 2. The summed E-state index contributed by atoms with van der Waals surface area (Å²) in [6.07, 6.45) is 8.72. The summed E-state index contributed by atoms with van der Waals surface area (Å²) in [5, 5.41) is 1.10. The van der Waals surface area contributed by atoms with Crippen molar-refractivity contribution in [3.8, 4) is 10.7 Å². The van der Waals surface area contributed by atoms with Gasteiger partial charge in [-0.3, -0.25) is 0 Å². The fourth-order valence-electron chi connectivity index (χ4n) is 1.92. The van der Waals surface area contributed by atoms with Crippen LogP contribution in [0.25, 0.3) is 16.3 Å². The Labute approximate surface area is 110 Å². The van der Waals surface area contributed by atoms with E-state index in [-0.39, 0.29) is 0 Å². The van der Waals surface area contributed by atoms with Gasteiger partial charge >= 0.3 is 0 Å². The first-order chi connectivity index (χ1) is 8.83. The van der Waals surface area contributed by atoms with Crippen molar-refractivity contribution in [2.24, 2.45) is 0 Å². The molecule has 92 valence electrons. The average Bonchev–Trinajstić information content (AvgIpc) is 2.90. The standard InChI is InChI=1S/C13H14N4S/c1-17-7-3-10(4-8-17)13-16-9-11(18-13)12-14-5-2-6-15-12/h2-3,5-6,9H,4,7-8H2,1H3. The van der Waals surface area contributed by atoms with Crippen LogP contribution in [-0.4, -0.2) is 40.0 Å². The van der Waals surface area contributed by atoms with Crippen LogP contribution in [0.15, 0.2) is 30.7 Å². The monoisotopic (exact) mass is 258 g/mol. The molecule has 0 aliphatic carbocycles. The van der Waals surface area contributed by atoms with E-state index >= 15 is 0 Å². The van der Waals surface area contributed by atoms with Crippen LogP contribution in [0.1, 0.15) is 11.4 Å². The third-order valence-corrected chi connectivity index (χ3v) is 4.05. The second kappa shape index (κ2) is 4.96. The lowest BCUT2D eigenvalue weighted by Crippen LogP contribution is -2.23. The lowest BCUT2D eigenvalue weighted by atomic mass is 10.1. The fourth-order valence-corrected chi connectivity index (χ4v) is 2.85. The highest BCUT2D eigenvalue weighted by Crippen LogP contribution is 2.29. The molecule has 0 spiro atoms. The molecule has 1 aliphatic heterocycles. The minimum atomic E-state index is 0.759. The Kier molecular flexibility index (Phi) is 3.17. The van der Waals surface area contributed by atoms with Crippen LogP contribution in [0.2, 0.25) is 0 Å². The van der Waals surface area contributed by atoms with Gasteiger partial charge in [-0.25, -0.2) is 15.0 Å². The molecular formula is C13H14N4S. The van der Waals surface area contributed by atoms with E-state index in [1.165, 1.54) is 5.57 Å². The molecule has 5 heteroatoms. The van der Waals surface area contributed by atoms with Crippen LogP contribution in [0.4, 0.5) is 0 Å². The normalized spacial score (nSPS) is 16.6. The highest BCUT2D eigenvalue weighted by atomic mass is 32.1. The van der Waals surface area contributed by atoms with Crippen molar-refractivity contribution in [2.75, 3.05) is 20.1 Å². The number of aromatic nitrogens is 3. The topological polar surface area (TPSA) is 41.9 Å². The minimum Gasteiger partial charge on any atom is -0.302 e. The molecule has 0 amide bonds. The summed E-state index contributed by atoms with van der Waals surface area (Å²) in [6, 6.07) is 1.82.